The van der Waals surface area contributed by atoms with Crippen LogP contribution < -0.4 is 5.32 Å². The van der Waals surface area contributed by atoms with Gasteiger partial charge in [-0.25, -0.2) is 4.52 Å². The fraction of sp³-hybridized carbons (Fsp3) is 0.0556. The molecule has 136 valence electrons. The van der Waals surface area contributed by atoms with E-state index in [1.165, 1.54) is 23.5 Å². The minimum Gasteiger partial charge on any atom is -0.289 e. The molecule has 0 unspecified atom stereocenters. The topological polar surface area (TPSA) is 59.3 Å². The third kappa shape index (κ3) is 3.28. The summed E-state index contributed by atoms with van der Waals surface area (Å²) >= 11 is 1.32. The molecule has 0 aliphatic rings. The zero-order chi connectivity index (χ0) is 19.0. The monoisotopic (exact) mass is 388 g/mol. The Hall–Kier alpha value is -3.20. The Morgan fingerprint density at radius 3 is 2.48 bits per heavy atom. The van der Waals surface area contributed by atoms with Crippen molar-refractivity contribution in [2.45, 2.75) is 6.18 Å². The van der Waals surface area contributed by atoms with Gasteiger partial charge >= 0.3 is 6.18 Å². The highest BCUT2D eigenvalue weighted by Crippen LogP contribution is 2.32. The normalized spacial score (nSPS) is 11.7. The van der Waals surface area contributed by atoms with Crippen LogP contribution in [0, 0.1) is 0 Å². The van der Waals surface area contributed by atoms with E-state index < -0.39 is 23.2 Å². The Kier molecular flexibility index (Phi) is 4.15. The fourth-order valence-electron chi connectivity index (χ4n) is 2.64. The molecule has 4 aromatic rings. The largest absolute Gasteiger partial charge is 0.417 e. The lowest BCUT2D eigenvalue weighted by atomic mass is 10.1. The Balaban J connectivity index is 1.65. The molecule has 0 saturated carbocycles. The number of thiazole rings is 1. The van der Waals surface area contributed by atoms with Gasteiger partial charge in [-0.3, -0.25) is 10.1 Å². The predicted octanol–water partition coefficient (Wildman–Crippen LogP) is 4.73. The molecule has 5 nitrogen and oxygen atoms in total. The summed E-state index contributed by atoms with van der Waals surface area (Å²) in [6.45, 7) is 0. The van der Waals surface area contributed by atoms with Crippen molar-refractivity contribution in [1.29, 1.82) is 0 Å². The minimum absolute atomic E-state index is 0.0546. The van der Waals surface area contributed by atoms with Gasteiger partial charge in [-0.2, -0.15) is 18.2 Å². The molecule has 0 aliphatic heterocycles. The molecule has 27 heavy (non-hydrogen) atoms. The van der Waals surface area contributed by atoms with Gasteiger partial charge in [0.25, 0.3) is 11.9 Å². The van der Waals surface area contributed by atoms with E-state index in [0.717, 1.165) is 23.4 Å². The molecule has 0 fully saturated rings. The van der Waals surface area contributed by atoms with Crippen molar-refractivity contribution in [2.75, 3.05) is 5.32 Å². The Morgan fingerprint density at radius 1 is 1.04 bits per heavy atom. The molecule has 0 spiro atoms. The zero-order valence-electron chi connectivity index (χ0n) is 13.6. The molecule has 9 heteroatoms. The third-order valence-electron chi connectivity index (χ3n) is 3.85. The second kappa shape index (κ2) is 6.51. The highest BCUT2D eigenvalue weighted by atomic mass is 32.1. The number of hydrogen-bond acceptors (Lipinski definition) is 4. The lowest BCUT2D eigenvalue weighted by Gasteiger charge is -2.11. The van der Waals surface area contributed by atoms with Crippen LogP contribution >= 0.6 is 11.3 Å². The number of hydrogen-bond donors (Lipinski definition) is 1. The lowest BCUT2D eigenvalue weighted by molar-refractivity contribution is -0.137. The molecular weight excluding hydrogens is 377 g/mol. The second-order valence-corrected chi connectivity index (χ2v) is 6.45. The summed E-state index contributed by atoms with van der Waals surface area (Å²) < 4.78 is 40.8. The first-order valence-corrected chi connectivity index (χ1v) is 8.69. The number of halogens is 3. The average molecular weight is 388 g/mol. The molecule has 1 N–H and O–H groups in total. The number of nitrogens with one attached hydrogen (secondary N) is 1. The van der Waals surface area contributed by atoms with E-state index in [9.17, 15) is 18.0 Å². The molecule has 0 aliphatic carbocycles. The van der Waals surface area contributed by atoms with Crippen molar-refractivity contribution in [3.05, 3.63) is 71.1 Å². The maximum atomic E-state index is 13.1. The van der Waals surface area contributed by atoms with E-state index in [-0.39, 0.29) is 5.95 Å². The molecule has 0 bridgehead atoms. The smallest absolute Gasteiger partial charge is 0.289 e. The first-order valence-electron chi connectivity index (χ1n) is 7.81. The Morgan fingerprint density at radius 2 is 1.74 bits per heavy atom. The van der Waals surface area contributed by atoms with Crippen molar-refractivity contribution in [3.63, 3.8) is 0 Å². The molecule has 1 amide bonds. The number of benzene rings is 2. The summed E-state index contributed by atoms with van der Waals surface area (Å²) in [4.78, 5) is 17.0. The average Bonchev–Trinajstić information content (AvgIpc) is 3.21. The highest BCUT2D eigenvalue weighted by molar-refractivity contribution is 7.15. The molecule has 4 rings (SSSR count). The van der Waals surface area contributed by atoms with Crippen LogP contribution in [-0.2, 0) is 6.18 Å². The Labute approximate surface area is 155 Å². The second-order valence-electron chi connectivity index (χ2n) is 5.61. The van der Waals surface area contributed by atoms with Gasteiger partial charge in [0.15, 0.2) is 0 Å². The van der Waals surface area contributed by atoms with Gasteiger partial charge in [0.1, 0.15) is 0 Å². The number of aromatic nitrogens is 3. The van der Waals surface area contributed by atoms with E-state index >= 15 is 0 Å². The standard InChI is InChI=1S/C18H11F3N4OS/c19-18(20,21)13-9-5-4-8-12(13)15(26)22-16-23-17-25(24-16)14(10-27-17)11-6-2-1-3-7-11/h1-10H,(H,22,24,26). The van der Waals surface area contributed by atoms with E-state index in [1.807, 2.05) is 35.7 Å². The maximum Gasteiger partial charge on any atom is 0.417 e. The van der Waals surface area contributed by atoms with E-state index in [0.29, 0.717) is 4.96 Å². The number of carbonyl (C=O) groups is 1. The molecule has 0 radical (unpaired) electrons. The van der Waals surface area contributed by atoms with Crippen LogP contribution in [0.2, 0.25) is 0 Å². The van der Waals surface area contributed by atoms with Crippen molar-refractivity contribution < 1.29 is 18.0 Å². The van der Waals surface area contributed by atoms with Gasteiger partial charge in [0.2, 0.25) is 4.96 Å². The maximum absolute atomic E-state index is 13.1. The molecule has 2 heterocycles. The van der Waals surface area contributed by atoms with Crippen molar-refractivity contribution in [2.24, 2.45) is 0 Å². The van der Waals surface area contributed by atoms with Crippen molar-refractivity contribution in [1.82, 2.24) is 14.6 Å². The molecule has 0 saturated heterocycles. The first-order chi connectivity index (χ1) is 12.9. The summed E-state index contributed by atoms with van der Waals surface area (Å²) in [6.07, 6.45) is -4.63. The summed E-state index contributed by atoms with van der Waals surface area (Å²) in [6, 6.07) is 14.0. The quantitative estimate of drug-likeness (QED) is 0.552. The molecule has 0 atom stereocenters. The van der Waals surface area contributed by atoms with Gasteiger partial charge in [0, 0.05) is 10.9 Å². The molecular formula is C18H11F3N4OS. The van der Waals surface area contributed by atoms with Crippen LogP contribution in [0.15, 0.2) is 60.0 Å². The molecule has 2 aromatic carbocycles. The summed E-state index contributed by atoms with van der Waals surface area (Å²) in [5.74, 6) is -0.969. The molecule has 2 aromatic heterocycles. The van der Waals surface area contributed by atoms with E-state index in [4.69, 9.17) is 0 Å². The van der Waals surface area contributed by atoms with Gasteiger partial charge in [-0.15, -0.1) is 16.4 Å². The van der Waals surface area contributed by atoms with Crippen LogP contribution in [0.3, 0.4) is 0 Å². The number of fused-ring (bicyclic) bond motifs is 1. The number of rotatable bonds is 3. The van der Waals surface area contributed by atoms with Crippen LogP contribution in [0.4, 0.5) is 19.1 Å². The number of carbonyl (C=O) groups excluding carboxylic acids is 1. The number of nitrogens with zero attached hydrogens (tertiary/aromatic N) is 3. The SMILES string of the molecule is O=C(Nc1nc2scc(-c3ccccc3)n2n1)c1ccccc1C(F)(F)F. The first kappa shape index (κ1) is 17.2. The van der Waals surface area contributed by atoms with Gasteiger partial charge < -0.3 is 0 Å². The zero-order valence-corrected chi connectivity index (χ0v) is 14.4. The summed E-state index contributed by atoms with van der Waals surface area (Å²) in [5.41, 5.74) is 0.202. The highest BCUT2D eigenvalue weighted by Gasteiger charge is 2.35. The fourth-order valence-corrected chi connectivity index (χ4v) is 3.47. The number of anilines is 1. The van der Waals surface area contributed by atoms with Crippen LogP contribution in [-0.4, -0.2) is 20.5 Å². The number of amides is 1. The van der Waals surface area contributed by atoms with Crippen LogP contribution in [0.1, 0.15) is 15.9 Å². The van der Waals surface area contributed by atoms with Crippen molar-refractivity contribution >= 4 is 28.2 Å². The minimum atomic E-state index is -4.63. The lowest BCUT2D eigenvalue weighted by Crippen LogP contribution is -2.19. The summed E-state index contributed by atoms with van der Waals surface area (Å²) in [7, 11) is 0. The third-order valence-corrected chi connectivity index (χ3v) is 4.67. The van der Waals surface area contributed by atoms with Crippen LogP contribution in [0.25, 0.3) is 16.2 Å². The van der Waals surface area contributed by atoms with Gasteiger partial charge in [-0.1, -0.05) is 42.5 Å². The van der Waals surface area contributed by atoms with Gasteiger partial charge in [-0.05, 0) is 12.1 Å². The predicted molar refractivity (Wildman–Crippen MR) is 95.7 cm³/mol. The van der Waals surface area contributed by atoms with Gasteiger partial charge in [0.05, 0.1) is 16.8 Å². The Bertz CT molecular complexity index is 1120. The van der Waals surface area contributed by atoms with E-state index in [1.54, 1.807) is 4.52 Å². The van der Waals surface area contributed by atoms with Crippen molar-refractivity contribution in [3.8, 4) is 11.3 Å². The van der Waals surface area contributed by atoms with Crippen LogP contribution in [0.5, 0.6) is 0 Å². The summed E-state index contributed by atoms with van der Waals surface area (Å²) in [5, 5.41) is 8.43. The number of alkyl halides is 3. The van der Waals surface area contributed by atoms with E-state index in [2.05, 4.69) is 15.4 Å².